The standard InChI is InChI=1S/C18H23N5O3/c19-16(24)13-26-15-4-1-3-14(11-15)12-21-17(25)18(5-8-20-9-6-18)23-10-2-7-22-23/h1-4,7,10-11,20H,5-6,8-9,12-13H2,(H2,19,24)(H,21,25). The molecule has 1 aromatic heterocycles. The SMILES string of the molecule is NC(=O)COc1cccc(CNC(=O)C2(n3cccn3)CCNCC2)c1. The summed E-state index contributed by atoms with van der Waals surface area (Å²) in [5, 5.41) is 10.6. The second-order valence-corrected chi connectivity index (χ2v) is 6.32. The third-order valence-electron chi connectivity index (χ3n) is 4.53. The molecular weight excluding hydrogens is 334 g/mol. The highest BCUT2D eigenvalue weighted by Crippen LogP contribution is 2.27. The molecule has 0 atom stereocenters. The molecule has 1 aliphatic heterocycles. The van der Waals surface area contributed by atoms with Gasteiger partial charge in [-0.3, -0.25) is 14.3 Å². The van der Waals surface area contributed by atoms with Crippen LogP contribution in [-0.2, 0) is 21.7 Å². The molecule has 4 N–H and O–H groups in total. The molecule has 8 heteroatoms. The molecule has 0 unspecified atom stereocenters. The van der Waals surface area contributed by atoms with Crippen molar-refractivity contribution in [2.24, 2.45) is 5.73 Å². The van der Waals surface area contributed by atoms with Crippen molar-refractivity contribution in [3.05, 3.63) is 48.3 Å². The van der Waals surface area contributed by atoms with Crippen LogP contribution in [-0.4, -0.2) is 41.3 Å². The molecule has 0 aliphatic carbocycles. The Bertz CT molecular complexity index is 754. The molecule has 1 aromatic carbocycles. The fourth-order valence-electron chi connectivity index (χ4n) is 3.17. The van der Waals surface area contributed by atoms with E-state index < -0.39 is 11.4 Å². The van der Waals surface area contributed by atoms with E-state index >= 15 is 0 Å². The predicted octanol–water partition coefficient (Wildman–Crippen LogP) is 0.142. The van der Waals surface area contributed by atoms with E-state index in [1.807, 2.05) is 24.4 Å². The molecule has 2 heterocycles. The zero-order chi connectivity index (χ0) is 18.4. The number of nitrogens with zero attached hydrogens (tertiary/aromatic N) is 2. The molecule has 138 valence electrons. The number of piperidine rings is 1. The lowest BCUT2D eigenvalue weighted by Crippen LogP contribution is -2.54. The maximum atomic E-state index is 13.0. The highest BCUT2D eigenvalue weighted by molar-refractivity contribution is 5.84. The van der Waals surface area contributed by atoms with Gasteiger partial charge in [-0.05, 0) is 49.7 Å². The van der Waals surface area contributed by atoms with Crippen LogP contribution in [0.3, 0.4) is 0 Å². The number of hydrogen-bond donors (Lipinski definition) is 3. The van der Waals surface area contributed by atoms with E-state index in [4.69, 9.17) is 10.5 Å². The Morgan fingerprint density at radius 2 is 2.12 bits per heavy atom. The second kappa shape index (κ2) is 8.01. The van der Waals surface area contributed by atoms with Crippen LogP contribution in [0.4, 0.5) is 0 Å². The van der Waals surface area contributed by atoms with Crippen molar-refractivity contribution in [2.75, 3.05) is 19.7 Å². The lowest BCUT2D eigenvalue weighted by atomic mass is 9.87. The zero-order valence-corrected chi connectivity index (χ0v) is 14.5. The highest BCUT2D eigenvalue weighted by atomic mass is 16.5. The smallest absolute Gasteiger partial charge is 0.255 e. The largest absolute Gasteiger partial charge is 0.484 e. The minimum absolute atomic E-state index is 0.0499. The van der Waals surface area contributed by atoms with Crippen LogP contribution in [0.5, 0.6) is 5.75 Å². The van der Waals surface area contributed by atoms with Gasteiger partial charge < -0.3 is 21.1 Å². The van der Waals surface area contributed by atoms with Gasteiger partial charge in [-0.25, -0.2) is 0 Å². The topological polar surface area (TPSA) is 111 Å². The van der Waals surface area contributed by atoms with Crippen molar-refractivity contribution < 1.29 is 14.3 Å². The van der Waals surface area contributed by atoms with E-state index in [1.54, 1.807) is 23.0 Å². The molecule has 2 aromatic rings. The summed E-state index contributed by atoms with van der Waals surface area (Å²) in [7, 11) is 0. The quantitative estimate of drug-likeness (QED) is 0.653. The second-order valence-electron chi connectivity index (χ2n) is 6.32. The number of aromatic nitrogens is 2. The number of hydrogen-bond acceptors (Lipinski definition) is 5. The number of carbonyl (C=O) groups is 2. The first-order valence-electron chi connectivity index (χ1n) is 8.59. The van der Waals surface area contributed by atoms with Crippen LogP contribution in [0.2, 0.25) is 0 Å². The van der Waals surface area contributed by atoms with Crippen molar-refractivity contribution in [1.82, 2.24) is 20.4 Å². The van der Waals surface area contributed by atoms with Crippen LogP contribution in [0.25, 0.3) is 0 Å². The zero-order valence-electron chi connectivity index (χ0n) is 14.5. The molecule has 1 saturated heterocycles. The van der Waals surface area contributed by atoms with Gasteiger partial charge in [0.25, 0.3) is 5.91 Å². The molecule has 0 saturated carbocycles. The monoisotopic (exact) mass is 357 g/mol. The average Bonchev–Trinajstić information content (AvgIpc) is 3.20. The van der Waals surface area contributed by atoms with E-state index in [1.165, 1.54) is 0 Å². The van der Waals surface area contributed by atoms with E-state index in [-0.39, 0.29) is 12.5 Å². The van der Waals surface area contributed by atoms with E-state index in [0.717, 1.165) is 18.7 Å². The van der Waals surface area contributed by atoms with Gasteiger partial charge in [0.15, 0.2) is 6.61 Å². The van der Waals surface area contributed by atoms with Crippen LogP contribution < -0.4 is 21.1 Å². The van der Waals surface area contributed by atoms with Crippen LogP contribution in [0.15, 0.2) is 42.7 Å². The summed E-state index contributed by atoms with van der Waals surface area (Å²) in [6.07, 6.45) is 4.89. The number of primary amides is 1. The first-order chi connectivity index (χ1) is 12.6. The maximum Gasteiger partial charge on any atom is 0.255 e. The Labute approximate surface area is 151 Å². The predicted molar refractivity (Wildman–Crippen MR) is 95.3 cm³/mol. The van der Waals surface area contributed by atoms with Crippen LogP contribution in [0, 0.1) is 0 Å². The van der Waals surface area contributed by atoms with Crippen molar-refractivity contribution in [3.8, 4) is 5.75 Å². The minimum Gasteiger partial charge on any atom is -0.484 e. The number of nitrogens with two attached hydrogens (primary N) is 1. The first kappa shape index (κ1) is 17.9. The summed E-state index contributed by atoms with van der Waals surface area (Å²) in [6.45, 7) is 1.72. The molecule has 1 aliphatic rings. The summed E-state index contributed by atoms with van der Waals surface area (Å²) in [6, 6.07) is 9.06. The van der Waals surface area contributed by atoms with E-state index in [0.29, 0.717) is 25.1 Å². The molecular formula is C18H23N5O3. The molecule has 0 spiro atoms. The summed E-state index contributed by atoms with van der Waals surface area (Å²) >= 11 is 0. The fourth-order valence-corrected chi connectivity index (χ4v) is 3.17. The van der Waals surface area contributed by atoms with Gasteiger partial charge in [0.1, 0.15) is 11.3 Å². The molecule has 1 fully saturated rings. The van der Waals surface area contributed by atoms with Crippen molar-refractivity contribution >= 4 is 11.8 Å². The summed E-state index contributed by atoms with van der Waals surface area (Å²) in [5.74, 6) is -0.0406. The van der Waals surface area contributed by atoms with Gasteiger partial charge in [-0.2, -0.15) is 5.10 Å². The fraction of sp³-hybridized carbons (Fsp3) is 0.389. The Morgan fingerprint density at radius 3 is 2.81 bits per heavy atom. The van der Waals surface area contributed by atoms with Gasteiger partial charge in [0.2, 0.25) is 5.91 Å². The normalized spacial score (nSPS) is 16.0. The Kier molecular flexibility index (Phi) is 5.52. The third-order valence-corrected chi connectivity index (χ3v) is 4.53. The van der Waals surface area contributed by atoms with E-state index in [2.05, 4.69) is 15.7 Å². The molecule has 0 bridgehead atoms. The van der Waals surface area contributed by atoms with Crippen molar-refractivity contribution in [3.63, 3.8) is 0 Å². The van der Waals surface area contributed by atoms with Crippen molar-refractivity contribution in [2.45, 2.75) is 24.9 Å². The number of ether oxygens (including phenoxy) is 1. The van der Waals surface area contributed by atoms with Crippen LogP contribution in [0.1, 0.15) is 18.4 Å². The third kappa shape index (κ3) is 4.02. The van der Waals surface area contributed by atoms with Gasteiger partial charge in [-0.1, -0.05) is 12.1 Å². The first-order valence-corrected chi connectivity index (χ1v) is 8.59. The Balaban J connectivity index is 1.67. The van der Waals surface area contributed by atoms with Crippen molar-refractivity contribution in [1.29, 1.82) is 0 Å². The highest BCUT2D eigenvalue weighted by Gasteiger charge is 2.41. The van der Waals surface area contributed by atoms with Gasteiger partial charge in [0, 0.05) is 18.9 Å². The average molecular weight is 357 g/mol. The lowest BCUT2D eigenvalue weighted by Gasteiger charge is -2.36. The number of benzene rings is 1. The molecule has 2 amide bonds. The van der Waals surface area contributed by atoms with Gasteiger partial charge in [-0.15, -0.1) is 0 Å². The number of carbonyl (C=O) groups excluding carboxylic acids is 2. The number of amides is 2. The van der Waals surface area contributed by atoms with E-state index in [9.17, 15) is 9.59 Å². The lowest BCUT2D eigenvalue weighted by molar-refractivity contribution is -0.132. The van der Waals surface area contributed by atoms with Gasteiger partial charge >= 0.3 is 0 Å². The molecule has 26 heavy (non-hydrogen) atoms. The molecule has 8 nitrogen and oxygen atoms in total. The minimum atomic E-state index is -0.672. The summed E-state index contributed by atoms with van der Waals surface area (Å²) in [4.78, 5) is 23.8. The maximum absolute atomic E-state index is 13.0. The van der Waals surface area contributed by atoms with Gasteiger partial charge in [0.05, 0.1) is 0 Å². The number of nitrogens with one attached hydrogen (secondary N) is 2. The summed E-state index contributed by atoms with van der Waals surface area (Å²) < 4.78 is 7.06. The van der Waals surface area contributed by atoms with Crippen LogP contribution >= 0.6 is 0 Å². The number of rotatable bonds is 7. The molecule has 0 radical (unpaired) electrons. The Morgan fingerprint density at radius 1 is 1.31 bits per heavy atom. The Hall–Kier alpha value is -2.87. The summed E-state index contributed by atoms with van der Waals surface area (Å²) in [5.41, 5.74) is 5.29. The molecule has 3 rings (SSSR count).